The molecule has 0 spiro atoms. The highest BCUT2D eigenvalue weighted by Crippen LogP contribution is 2.11. The first-order chi connectivity index (χ1) is 13.9. The molecule has 2 amide bonds. The molecular weight excluding hydrogens is 375 g/mol. The lowest BCUT2D eigenvalue weighted by atomic mass is 10.0. The van der Waals surface area contributed by atoms with Crippen molar-refractivity contribution in [3.8, 4) is 5.75 Å². The summed E-state index contributed by atoms with van der Waals surface area (Å²) in [5.74, 6) is -1.68. The highest BCUT2D eigenvalue weighted by atomic mass is 19.1. The number of carbonyl (C=O) groups excluding carboxylic acids is 3. The maximum atomic E-state index is 13.8. The molecule has 29 heavy (non-hydrogen) atoms. The minimum atomic E-state index is -0.841. The number of nitrogens with one attached hydrogen (secondary N) is 2. The third-order valence-corrected chi connectivity index (χ3v) is 4.05. The van der Waals surface area contributed by atoms with E-state index in [2.05, 4.69) is 10.6 Å². The maximum absolute atomic E-state index is 13.8. The molecule has 0 aromatic heterocycles. The first-order valence-corrected chi connectivity index (χ1v) is 9.45. The van der Waals surface area contributed by atoms with E-state index >= 15 is 0 Å². The van der Waals surface area contributed by atoms with Crippen molar-refractivity contribution < 1.29 is 23.5 Å². The van der Waals surface area contributed by atoms with Gasteiger partial charge in [-0.3, -0.25) is 14.4 Å². The summed E-state index contributed by atoms with van der Waals surface area (Å²) in [4.78, 5) is 36.7. The van der Waals surface area contributed by atoms with Crippen LogP contribution in [0, 0.1) is 11.7 Å². The Morgan fingerprint density at radius 3 is 2.31 bits per heavy atom. The van der Waals surface area contributed by atoms with Crippen LogP contribution in [0.4, 0.5) is 4.39 Å². The summed E-state index contributed by atoms with van der Waals surface area (Å²) in [6.07, 6.45) is 0.358. The molecular formula is C22H25FN2O4. The van der Waals surface area contributed by atoms with Gasteiger partial charge in [0.1, 0.15) is 17.6 Å². The van der Waals surface area contributed by atoms with Gasteiger partial charge < -0.3 is 15.4 Å². The number of amides is 2. The van der Waals surface area contributed by atoms with Gasteiger partial charge in [0.25, 0.3) is 5.91 Å². The Morgan fingerprint density at radius 2 is 1.66 bits per heavy atom. The first kappa shape index (κ1) is 22.1. The molecule has 6 nitrogen and oxygen atoms in total. The highest BCUT2D eigenvalue weighted by Gasteiger charge is 2.23. The van der Waals surface area contributed by atoms with E-state index in [0.29, 0.717) is 12.2 Å². The van der Waals surface area contributed by atoms with Crippen molar-refractivity contribution in [2.24, 2.45) is 5.92 Å². The molecule has 154 valence electrons. The number of carbonyl (C=O) groups is 3. The van der Waals surface area contributed by atoms with Crippen molar-refractivity contribution in [2.75, 3.05) is 6.54 Å². The van der Waals surface area contributed by atoms with Crippen LogP contribution in [-0.2, 0) is 9.59 Å². The normalized spacial score (nSPS) is 11.6. The minimum absolute atomic E-state index is 0.0176. The second kappa shape index (κ2) is 10.9. The molecule has 0 aliphatic heterocycles. The average molecular weight is 400 g/mol. The topological polar surface area (TPSA) is 84.5 Å². The van der Waals surface area contributed by atoms with Crippen molar-refractivity contribution in [2.45, 2.75) is 32.7 Å². The van der Waals surface area contributed by atoms with E-state index in [4.69, 9.17) is 4.74 Å². The maximum Gasteiger partial charge on any atom is 0.312 e. The van der Waals surface area contributed by atoms with Gasteiger partial charge in [0.15, 0.2) is 0 Å². The summed E-state index contributed by atoms with van der Waals surface area (Å²) in [6, 6.07) is 13.4. The molecule has 0 saturated carbocycles. The number of hydrogen-bond acceptors (Lipinski definition) is 4. The standard InChI is InChI=1S/C22H25FN2O4/c1-15(2)14-19(25-21(27)17-10-6-7-11-18(17)23)22(28)24-13-12-20(26)29-16-8-4-3-5-9-16/h3-11,15,19H,12-14H2,1-2H3,(H,24,28)(H,25,27)/t19-/m0/s1. The fourth-order valence-corrected chi connectivity index (χ4v) is 2.67. The Bertz CT molecular complexity index is 840. The van der Waals surface area contributed by atoms with Crippen LogP contribution < -0.4 is 15.4 Å². The molecule has 0 unspecified atom stereocenters. The molecule has 7 heteroatoms. The zero-order chi connectivity index (χ0) is 21.2. The third-order valence-electron chi connectivity index (χ3n) is 4.05. The average Bonchev–Trinajstić information content (AvgIpc) is 2.68. The van der Waals surface area contributed by atoms with Gasteiger partial charge in [-0.2, -0.15) is 0 Å². The molecule has 2 aromatic carbocycles. The SMILES string of the molecule is CC(C)C[C@H](NC(=O)c1ccccc1F)C(=O)NCCC(=O)Oc1ccccc1. The van der Waals surface area contributed by atoms with Crippen LogP contribution in [0.25, 0.3) is 0 Å². The second-order valence-electron chi connectivity index (χ2n) is 6.96. The van der Waals surface area contributed by atoms with Crippen molar-refractivity contribution >= 4 is 17.8 Å². The third kappa shape index (κ3) is 7.37. The van der Waals surface area contributed by atoms with Crippen LogP contribution in [0.1, 0.15) is 37.0 Å². The Hall–Kier alpha value is -3.22. The Kier molecular flexibility index (Phi) is 8.33. The molecule has 0 aliphatic carbocycles. The quantitative estimate of drug-likeness (QED) is 0.500. The second-order valence-corrected chi connectivity index (χ2v) is 6.96. The predicted octanol–water partition coefficient (Wildman–Crippen LogP) is 3.08. The number of para-hydroxylation sites is 1. The largest absolute Gasteiger partial charge is 0.426 e. The number of rotatable bonds is 9. The van der Waals surface area contributed by atoms with Crippen molar-refractivity contribution in [1.29, 1.82) is 0 Å². The van der Waals surface area contributed by atoms with Gasteiger partial charge in [-0.25, -0.2) is 4.39 Å². The lowest BCUT2D eigenvalue weighted by molar-refractivity contribution is -0.134. The number of ether oxygens (including phenoxy) is 1. The smallest absolute Gasteiger partial charge is 0.312 e. The number of halogens is 1. The van der Waals surface area contributed by atoms with Crippen LogP contribution in [0.2, 0.25) is 0 Å². The predicted molar refractivity (Wildman–Crippen MR) is 107 cm³/mol. The van der Waals surface area contributed by atoms with E-state index in [1.807, 2.05) is 19.9 Å². The van der Waals surface area contributed by atoms with Crippen LogP contribution in [0.5, 0.6) is 5.75 Å². The van der Waals surface area contributed by atoms with Gasteiger partial charge in [-0.05, 0) is 36.6 Å². The molecule has 0 saturated heterocycles. The molecule has 0 radical (unpaired) electrons. The summed E-state index contributed by atoms with van der Waals surface area (Å²) in [5.41, 5.74) is -0.125. The lowest BCUT2D eigenvalue weighted by Crippen LogP contribution is -2.48. The van der Waals surface area contributed by atoms with Gasteiger partial charge in [0, 0.05) is 6.54 Å². The Labute approximate surface area is 169 Å². The van der Waals surface area contributed by atoms with Crippen LogP contribution in [0.3, 0.4) is 0 Å². The fourth-order valence-electron chi connectivity index (χ4n) is 2.67. The molecule has 0 fully saturated rings. The van der Waals surface area contributed by atoms with Crippen LogP contribution >= 0.6 is 0 Å². The van der Waals surface area contributed by atoms with E-state index in [-0.39, 0.29) is 24.4 Å². The summed E-state index contributed by atoms with van der Waals surface area (Å²) < 4.78 is 19.0. The summed E-state index contributed by atoms with van der Waals surface area (Å²) in [6.45, 7) is 3.88. The summed E-state index contributed by atoms with van der Waals surface area (Å²) >= 11 is 0. The number of benzene rings is 2. The van der Waals surface area contributed by atoms with Gasteiger partial charge in [0.2, 0.25) is 5.91 Å². The van der Waals surface area contributed by atoms with E-state index < -0.39 is 29.6 Å². The fraction of sp³-hybridized carbons (Fsp3) is 0.318. The number of hydrogen-bond donors (Lipinski definition) is 2. The molecule has 1 atom stereocenters. The Morgan fingerprint density at radius 1 is 1.00 bits per heavy atom. The molecule has 0 aliphatic rings. The zero-order valence-corrected chi connectivity index (χ0v) is 16.5. The molecule has 2 rings (SSSR count). The summed E-state index contributed by atoms with van der Waals surface area (Å²) in [7, 11) is 0. The monoisotopic (exact) mass is 400 g/mol. The van der Waals surface area contributed by atoms with E-state index in [9.17, 15) is 18.8 Å². The van der Waals surface area contributed by atoms with Gasteiger partial charge in [0.05, 0.1) is 12.0 Å². The van der Waals surface area contributed by atoms with Gasteiger partial charge >= 0.3 is 5.97 Å². The number of esters is 1. The molecule has 0 bridgehead atoms. The zero-order valence-electron chi connectivity index (χ0n) is 16.5. The first-order valence-electron chi connectivity index (χ1n) is 9.45. The van der Waals surface area contributed by atoms with Crippen LogP contribution in [-0.4, -0.2) is 30.4 Å². The molecule has 2 aromatic rings. The van der Waals surface area contributed by atoms with Gasteiger partial charge in [-0.15, -0.1) is 0 Å². The highest BCUT2D eigenvalue weighted by molar-refractivity contribution is 5.97. The van der Waals surface area contributed by atoms with Crippen molar-refractivity contribution in [3.63, 3.8) is 0 Å². The van der Waals surface area contributed by atoms with Gasteiger partial charge in [-0.1, -0.05) is 44.2 Å². The lowest BCUT2D eigenvalue weighted by Gasteiger charge is -2.20. The minimum Gasteiger partial charge on any atom is -0.426 e. The molecule has 0 heterocycles. The Balaban J connectivity index is 1.88. The molecule has 2 N–H and O–H groups in total. The van der Waals surface area contributed by atoms with E-state index in [1.165, 1.54) is 18.2 Å². The van der Waals surface area contributed by atoms with E-state index in [1.54, 1.807) is 30.3 Å². The van der Waals surface area contributed by atoms with E-state index in [0.717, 1.165) is 0 Å². The van der Waals surface area contributed by atoms with Crippen molar-refractivity contribution in [3.05, 3.63) is 66.0 Å². The van der Waals surface area contributed by atoms with Crippen molar-refractivity contribution in [1.82, 2.24) is 10.6 Å². The van der Waals surface area contributed by atoms with Crippen LogP contribution in [0.15, 0.2) is 54.6 Å². The summed E-state index contributed by atoms with van der Waals surface area (Å²) in [5, 5.41) is 5.20.